The zero-order valence-corrected chi connectivity index (χ0v) is 16.7. The van der Waals surface area contributed by atoms with Crippen molar-refractivity contribution >= 4 is 21.9 Å². The van der Waals surface area contributed by atoms with Gasteiger partial charge >= 0.3 is 11.3 Å². The first kappa shape index (κ1) is 19.5. The van der Waals surface area contributed by atoms with E-state index in [2.05, 4.69) is 6.58 Å². The molecular weight excluding hydrogens is 384 g/mol. The Morgan fingerprint density at radius 1 is 1.00 bits per heavy atom. The largest absolute Gasteiger partial charge is 0.490 e. The predicted octanol–water partition coefficient (Wildman–Crippen LogP) is 4.92. The molecule has 4 aromatic rings. The van der Waals surface area contributed by atoms with E-state index >= 15 is 0 Å². The Morgan fingerprint density at radius 2 is 1.83 bits per heavy atom. The van der Waals surface area contributed by atoms with E-state index in [1.165, 1.54) is 6.07 Å². The van der Waals surface area contributed by atoms with Gasteiger partial charge in [0.1, 0.15) is 17.9 Å². The van der Waals surface area contributed by atoms with Crippen molar-refractivity contribution in [2.75, 3.05) is 13.2 Å². The average molecular weight is 404 g/mol. The number of hydrogen-bond donors (Lipinski definition) is 0. The lowest BCUT2D eigenvalue weighted by Gasteiger charge is -2.10. The topological polar surface area (TPSA) is 78.9 Å². The van der Waals surface area contributed by atoms with Gasteiger partial charge in [-0.05, 0) is 43.7 Å². The number of hydrogen-bond acceptors (Lipinski definition) is 6. The van der Waals surface area contributed by atoms with Crippen molar-refractivity contribution in [2.24, 2.45) is 0 Å². The van der Waals surface area contributed by atoms with E-state index < -0.39 is 11.3 Å². The van der Waals surface area contributed by atoms with Crippen LogP contribution in [0.25, 0.3) is 33.1 Å². The van der Waals surface area contributed by atoms with Gasteiger partial charge in [0.05, 0.1) is 12.2 Å². The molecule has 0 aliphatic heterocycles. The first-order valence-electron chi connectivity index (χ1n) is 9.51. The fraction of sp³-hybridized carbons (Fsp3) is 0.167. The summed E-state index contributed by atoms with van der Waals surface area (Å²) >= 11 is 0. The molecular formula is C24H20O6. The molecule has 152 valence electrons. The van der Waals surface area contributed by atoms with Crippen molar-refractivity contribution < 1.29 is 18.3 Å². The van der Waals surface area contributed by atoms with Crippen molar-refractivity contribution in [3.63, 3.8) is 0 Å². The van der Waals surface area contributed by atoms with Gasteiger partial charge in [0.25, 0.3) is 0 Å². The Bertz CT molecular complexity index is 1380. The van der Waals surface area contributed by atoms with Gasteiger partial charge in [-0.25, -0.2) is 9.59 Å². The van der Waals surface area contributed by atoms with E-state index in [0.717, 1.165) is 5.57 Å². The molecule has 0 unspecified atom stereocenters. The molecule has 6 nitrogen and oxygen atoms in total. The number of benzene rings is 2. The normalized spacial score (nSPS) is 11.0. The number of rotatable bonds is 6. The van der Waals surface area contributed by atoms with Crippen molar-refractivity contribution in [1.29, 1.82) is 0 Å². The summed E-state index contributed by atoms with van der Waals surface area (Å²) in [4.78, 5) is 25.0. The van der Waals surface area contributed by atoms with Gasteiger partial charge < -0.3 is 18.3 Å². The first-order chi connectivity index (χ1) is 14.5. The third-order valence-electron chi connectivity index (χ3n) is 4.52. The molecule has 4 rings (SSSR count). The van der Waals surface area contributed by atoms with E-state index in [-0.39, 0.29) is 5.56 Å². The number of ether oxygens (including phenoxy) is 2. The quantitative estimate of drug-likeness (QED) is 0.335. The zero-order valence-electron chi connectivity index (χ0n) is 16.7. The van der Waals surface area contributed by atoms with Gasteiger partial charge in [-0.1, -0.05) is 18.7 Å². The van der Waals surface area contributed by atoms with Crippen LogP contribution in [0.4, 0.5) is 0 Å². The van der Waals surface area contributed by atoms with Crippen LogP contribution < -0.4 is 20.7 Å². The second kappa shape index (κ2) is 7.91. The van der Waals surface area contributed by atoms with E-state index in [4.69, 9.17) is 18.3 Å². The molecule has 2 aromatic carbocycles. The second-order valence-corrected chi connectivity index (χ2v) is 6.94. The van der Waals surface area contributed by atoms with Crippen molar-refractivity contribution in [1.82, 2.24) is 0 Å². The molecule has 2 aromatic heterocycles. The maximum Gasteiger partial charge on any atom is 0.344 e. The third kappa shape index (κ3) is 3.72. The fourth-order valence-electron chi connectivity index (χ4n) is 3.24. The van der Waals surface area contributed by atoms with Crippen molar-refractivity contribution in [3.05, 3.63) is 81.5 Å². The summed E-state index contributed by atoms with van der Waals surface area (Å²) in [5, 5.41) is 1.29. The molecule has 0 saturated carbocycles. The van der Waals surface area contributed by atoms with E-state index in [1.807, 2.05) is 26.0 Å². The molecule has 0 aliphatic rings. The monoisotopic (exact) mass is 404 g/mol. The average Bonchev–Trinajstić information content (AvgIpc) is 2.71. The zero-order chi connectivity index (χ0) is 21.3. The molecule has 0 amide bonds. The summed E-state index contributed by atoms with van der Waals surface area (Å²) in [5.41, 5.74) is 1.12. The van der Waals surface area contributed by atoms with E-state index in [9.17, 15) is 9.59 Å². The maximum atomic E-state index is 12.8. The molecule has 0 spiro atoms. The highest BCUT2D eigenvalue weighted by Gasteiger charge is 2.16. The van der Waals surface area contributed by atoms with Gasteiger partial charge in [0.2, 0.25) is 0 Å². The minimum Gasteiger partial charge on any atom is -0.490 e. The molecule has 0 bridgehead atoms. The Labute approximate surface area is 172 Å². The predicted molar refractivity (Wildman–Crippen MR) is 115 cm³/mol. The lowest BCUT2D eigenvalue weighted by atomic mass is 10.0. The van der Waals surface area contributed by atoms with Crippen LogP contribution in [0.3, 0.4) is 0 Å². The highest BCUT2D eigenvalue weighted by atomic mass is 16.5. The van der Waals surface area contributed by atoms with Crippen LogP contribution in [0.5, 0.6) is 11.5 Å². The molecule has 2 heterocycles. The lowest BCUT2D eigenvalue weighted by molar-refractivity contribution is 0.337. The smallest absolute Gasteiger partial charge is 0.344 e. The van der Waals surface area contributed by atoms with E-state index in [0.29, 0.717) is 52.2 Å². The van der Waals surface area contributed by atoms with Gasteiger partial charge in [-0.2, -0.15) is 0 Å². The molecule has 0 fully saturated rings. The first-order valence-corrected chi connectivity index (χ1v) is 9.51. The summed E-state index contributed by atoms with van der Waals surface area (Å²) in [6, 6.07) is 13.5. The maximum absolute atomic E-state index is 12.8. The van der Waals surface area contributed by atoms with Crippen LogP contribution in [0, 0.1) is 0 Å². The molecule has 0 N–H and O–H groups in total. The number of fused-ring (bicyclic) bond motifs is 2. The highest BCUT2D eigenvalue weighted by molar-refractivity contribution is 5.96. The minimum atomic E-state index is -0.572. The molecule has 0 radical (unpaired) electrons. The highest BCUT2D eigenvalue weighted by Crippen LogP contribution is 2.31. The second-order valence-electron chi connectivity index (χ2n) is 6.94. The van der Waals surface area contributed by atoms with Crippen LogP contribution in [-0.4, -0.2) is 13.2 Å². The van der Waals surface area contributed by atoms with E-state index in [1.54, 1.807) is 30.3 Å². The Hall–Kier alpha value is -3.80. The Balaban J connectivity index is 1.89. The minimum absolute atomic E-state index is 0.268. The molecule has 0 saturated heterocycles. The molecule has 0 atom stereocenters. The Kier molecular flexibility index (Phi) is 5.14. The summed E-state index contributed by atoms with van der Waals surface area (Å²) in [6.45, 7) is 8.31. The van der Waals surface area contributed by atoms with Crippen LogP contribution in [0.2, 0.25) is 0 Å². The summed E-state index contributed by atoms with van der Waals surface area (Å²) < 4.78 is 22.1. The van der Waals surface area contributed by atoms with Gasteiger partial charge in [-0.3, -0.25) is 0 Å². The van der Waals surface area contributed by atoms with Crippen LogP contribution in [0.1, 0.15) is 13.8 Å². The van der Waals surface area contributed by atoms with Crippen molar-refractivity contribution in [3.8, 4) is 22.6 Å². The van der Waals surface area contributed by atoms with Crippen LogP contribution in [0.15, 0.2) is 79.1 Å². The van der Waals surface area contributed by atoms with Crippen LogP contribution >= 0.6 is 0 Å². The third-order valence-corrected chi connectivity index (χ3v) is 4.52. The fourth-order valence-corrected chi connectivity index (χ4v) is 3.24. The molecule has 6 heteroatoms. The summed E-state index contributed by atoms with van der Waals surface area (Å²) in [7, 11) is 0. The van der Waals surface area contributed by atoms with Crippen molar-refractivity contribution in [2.45, 2.75) is 13.8 Å². The molecule has 0 aliphatic carbocycles. The standard InChI is InChI=1S/C24H20O6/c1-4-27-20-7-5-6-15-10-19(24(26)30-23(15)20)18-12-22(25)29-21-11-16(8-9-17(18)21)28-13-14(2)3/h5-12H,2,4,13H2,1,3H3. The summed E-state index contributed by atoms with van der Waals surface area (Å²) in [6.07, 6.45) is 0. The van der Waals surface area contributed by atoms with Crippen LogP contribution in [-0.2, 0) is 0 Å². The lowest BCUT2D eigenvalue weighted by Crippen LogP contribution is -2.07. The number of para-hydroxylation sites is 1. The van der Waals surface area contributed by atoms with Gasteiger partial charge in [-0.15, -0.1) is 0 Å². The SMILES string of the molecule is C=C(C)COc1ccc2c(-c3cc4cccc(OCC)c4oc3=O)cc(=O)oc2c1. The van der Waals surface area contributed by atoms with Gasteiger partial charge in [0.15, 0.2) is 11.3 Å². The summed E-state index contributed by atoms with van der Waals surface area (Å²) in [5.74, 6) is 1.04. The van der Waals surface area contributed by atoms with Gasteiger partial charge in [0, 0.05) is 28.5 Å². The molecule has 30 heavy (non-hydrogen) atoms. The Morgan fingerprint density at radius 3 is 2.60 bits per heavy atom.